The molecule has 0 aliphatic carbocycles. The monoisotopic (exact) mass is 270 g/mol. The van der Waals surface area contributed by atoms with Crippen LogP contribution in [0.1, 0.15) is 60.8 Å². The highest BCUT2D eigenvalue weighted by Gasteiger charge is 2.46. The number of ether oxygens (including phenoxy) is 1. The molecule has 1 rings (SSSR count). The molecular weight excluding hydrogens is 240 g/mol. The van der Waals surface area contributed by atoms with Crippen LogP contribution in [0.2, 0.25) is 0 Å². The summed E-state index contributed by atoms with van der Waals surface area (Å²) in [6.45, 7) is 13.4. The van der Waals surface area contributed by atoms with E-state index >= 15 is 0 Å². The minimum atomic E-state index is -0.293. The van der Waals surface area contributed by atoms with E-state index in [1.54, 1.807) is 0 Å². The van der Waals surface area contributed by atoms with Crippen LogP contribution in [0.4, 0.5) is 4.79 Å². The lowest BCUT2D eigenvalue weighted by Gasteiger charge is -2.53. The summed E-state index contributed by atoms with van der Waals surface area (Å²) in [7, 11) is 0. The van der Waals surface area contributed by atoms with E-state index in [1.807, 2.05) is 6.92 Å². The van der Waals surface area contributed by atoms with Crippen LogP contribution in [-0.2, 0) is 4.74 Å². The Morgan fingerprint density at radius 2 is 1.95 bits per heavy atom. The third kappa shape index (κ3) is 3.62. The van der Waals surface area contributed by atoms with E-state index in [0.29, 0.717) is 12.5 Å². The van der Waals surface area contributed by atoms with Crippen LogP contribution in [0.25, 0.3) is 0 Å². The molecule has 0 bridgehead atoms. The Labute approximate surface area is 117 Å². The topological polar surface area (TPSA) is 50.4 Å². The standard InChI is InChI=1S/C15H30N2O2/c1-7-14(5)10-12(16-13(18)19-9-3)11(4)15(6,8-2)17-14/h11-12,17H,7-10H2,1-6H3,(H,16,18). The second kappa shape index (κ2) is 6.12. The van der Waals surface area contributed by atoms with Crippen molar-refractivity contribution in [3.63, 3.8) is 0 Å². The number of hydrogen-bond acceptors (Lipinski definition) is 3. The Bertz CT molecular complexity index is 321. The van der Waals surface area contributed by atoms with Gasteiger partial charge in [0, 0.05) is 17.1 Å². The lowest BCUT2D eigenvalue weighted by atomic mass is 9.69. The number of nitrogens with one attached hydrogen (secondary N) is 2. The first-order chi connectivity index (χ1) is 8.80. The average molecular weight is 270 g/mol. The SMILES string of the molecule is CCOC(=O)NC1CC(C)(CC)NC(C)(CC)C1C. The van der Waals surface area contributed by atoms with Crippen molar-refractivity contribution >= 4 is 6.09 Å². The molecular formula is C15H30N2O2. The first kappa shape index (κ1) is 16.3. The summed E-state index contributed by atoms with van der Waals surface area (Å²) in [5.74, 6) is 0.376. The Morgan fingerprint density at radius 1 is 1.32 bits per heavy atom. The van der Waals surface area contributed by atoms with Gasteiger partial charge in [-0.3, -0.25) is 0 Å². The summed E-state index contributed by atoms with van der Waals surface area (Å²) < 4.78 is 5.03. The van der Waals surface area contributed by atoms with Gasteiger partial charge in [-0.15, -0.1) is 0 Å². The number of hydrogen-bond donors (Lipinski definition) is 2. The van der Waals surface area contributed by atoms with Crippen molar-refractivity contribution in [1.29, 1.82) is 0 Å². The first-order valence-electron chi connectivity index (χ1n) is 7.53. The van der Waals surface area contributed by atoms with Crippen molar-refractivity contribution in [1.82, 2.24) is 10.6 Å². The zero-order valence-corrected chi connectivity index (χ0v) is 13.3. The fourth-order valence-corrected chi connectivity index (χ4v) is 3.10. The van der Waals surface area contributed by atoms with Gasteiger partial charge in [0.1, 0.15) is 0 Å². The van der Waals surface area contributed by atoms with E-state index in [2.05, 4.69) is 45.3 Å². The highest BCUT2D eigenvalue weighted by Crippen LogP contribution is 2.37. The molecule has 1 aliphatic heterocycles. The molecule has 0 aromatic heterocycles. The van der Waals surface area contributed by atoms with E-state index < -0.39 is 0 Å². The van der Waals surface area contributed by atoms with Crippen molar-refractivity contribution in [3.05, 3.63) is 0 Å². The molecule has 0 radical (unpaired) electrons. The van der Waals surface area contributed by atoms with Crippen LogP contribution >= 0.6 is 0 Å². The van der Waals surface area contributed by atoms with Gasteiger partial charge in [-0.05, 0) is 46.0 Å². The van der Waals surface area contributed by atoms with Crippen molar-refractivity contribution in [2.75, 3.05) is 6.61 Å². The minimum absolute atomic E-state index is 0.0488. The smallest absolute Gasteiger partial charge is 0.407 e. The highest BCUT2D eigenvalue weighted by molar-refractivity contribution is 5.67. The maximum absolute atomic E-state index is 11.7. The number of carbonyl (C=O) groups excluding carboxylic acids is 1. The molecule has 1 heterocycles. The zero-order valence-electron chi connectivity index (χ0n) is 13.3. The van der Waals surface area contributed by atoms with Gasteiger partial charge in [0.15, 0.2) is 0 Å². The van der Waals surface area contributed by atoms with E-state index in [4.69, 9.17) is 4.74 Å². The largest absolute Gasteiger partial charge is 0.450 e. The number of alkyl carbamates (subject to hydrolysis) is 1. The Morgan fingerprint density at radius 3 is 2.42 bits per heavy atom. The third-order valence-electron chi connectivity index (χ3n) is 4.96. The molecule has 0 aromatic carbocycles. The molecule has 1 amide bonds. The lowest BCUT2D eigenvalue weighted by Crippen LogP contribution is -2.68. The Hall–Kier alpha value is -0.770. The molecule has 1 aliphatic rings. The minimum Gasteiger partial charge on any atom is -0.450 e. The molecule has 19 heavy (non-hydrogen) atoms. The molecule has 4 atom stereocenters. The maximum atomic E-state index is 11.7. The zero-order chi connectivity index (χ0) is 14.7. The van der Waals surface area contributed by atoms with Crippen molar-refractivity contribution in [3.8, 4) is 0 Å². The molecule has 0 spiro atoms. The van der Waals surface area contributed by atoms with Crippen molar-refractivity contribution in [2.45, 2.75) is 77.9 Å². The molecule has 4 nitrogen and oxygen atoms in total. The molecule has 4 unspecified atom stereocenters. The molecule has 112 valence electrons. The number of amides is 1. The average Bonchev–Trinajstić information content (AvgIpc) is 2.36. The molecule has 2 N–H and O–H groups in total. The molecule has 1 fully saturated rings. The number of carbonyl (C=O) groups is 1. The van der Waals surface area contributed by atoms with E-state index in [9.17, 15) is 4.79 Å². The normalized spacial score (nSPS) is 38.8. The van der Waals surface area contributed by atoms with Gasteiger partial charge in [-0.25, -0.2) is 4.79 Å². The van der Waals surface area contributed by atoms with Gasteiger partial charge in [0.05, 0.1) is 6.61 Å². The van der Waals surface area contributed by atoms with Crippen LogP contribution < -0.4 is 10.6 Å². The van der Waals surface area contributed by atoms with Crippen LogP contribution in [0.15, 0.2) is 0 Å². The van der Waals surface area contributed by atoms with Gasteiger partial charge in [0.2, 0.25) is 0 Å². The van der Waals surface area contributed by atoms with Crippen molar-refractivity contribution in [2.24, 2.45) is 5.92 Å². The first-order valence-corrected chi connectivity index (χ1v) is 7.53. The number of rotatable bonds is 4. The molecule has 4 heteroatoms. The van der Waals surface area contributed by atoms with Gasteiger partial charge in [-0.1, -0.05) is 20.8 Å². The lowest BCUT2D eigenvalue weighted by molar-refractivity contribution is 0.0548. The molecule has 0 aromatic rings. The fraction of sp³-hybridized carbons (Fsp3) is 0.933. The van der Waals surface area contributed by atoms with Crippen LogP contribution in [-0.4, -0.2) is 29.8 Å². The van der Waals surface area contributed by atoms with Gasteiger partial charge in [-0.2, -0.15) is 0 Å². The van der Waals surface area contributed by atoms with Crippen molar-refractivity contribution < 1.29 is 9.53 Å². The summed E-state index contributed by atoms with van der Waals surface area (Å²) in [4.78, 5) is 11.7. The van der Waals surface area contributed by atoms with E-state index in [0.717, 1.165) is 19.3 Å². The predicted molar refractivity (Wildman–Crippen MR) is 78.3 cm³/mol. The number of piperidine rings is 1. The van der Waals surface area contributed by atoms with Gasteiger partial charge in [0.25, 0.3) is 0 Å². The quantitative estimate of drug-likeness (QED) is 0.825. The summed E-state index contributed by atoms with van der Waals surface area (Å²) in [6.07, 6.45) is 2.75. The second-order valence-corrected chi connectivity index (χ2v) is 6.27. The summed E-state index contributed by atoms with van der Waals surface area (Å²) in [5.41, 5.74) is 0.120. The van der Waals surface area contributed by atoms with Crippen LogP contribution in [0.3, 0.4) is 0 Å². The molecule has 0 saturated carbocycles. The Kier molecular flexibility index (Phi) is 5.25. The summed E-state index contributed by atoms with van der Waals surface area (Å²) >= 11 is 0. The van der Waals surface area contributed by atoms with Crippen LogP contribution in [0.5, 0.6) is 0 Å². The third-order valence-corrected chi connectivity index (χ3v) is 4.96. The molecule has 1 saturated heterocycles. The summed E-state index contributed by atoms with van der Waals surface area (Å²) in [5, 5.41) is 6.85. The van der Waals surface area contributed by atoms with Gasteiger partial charge < -0.3 is 15.4 Å². The van der Waals surface area contributed by atoms with Crippen LogP contribution in [0, 0.1) is 5.92 Å². The second-order valence-electron chi connectivity index (χ2n) is 6.27. The fourth-order valence-electron chi connectivity index (χ4n) is 3.10. The predicted octanol–water partition coefficient (Wildman–Crippen LogP) is 3.07. The van der Waals surface area contributed by atoms with E-state index in [-0.39, 0.29) is 23.2 Å². The Balaban J connectivity index is 2.86. The van der Waals surface area contributed by atoms with E-state index in [1.165, 1.54) is 0 Å². The van der Waals surface area contributed by atoms with Gasteiger partial charge >= 0.3 is 6.09 Å². The summed E-state index contributed by atoms with van der Waals surface area (Å²) in [6, 6.07) is 0.162. The maximum Gasteiger partial charge on any atom is 0.407 e. The highest BCUT2D eigenvalue weighted by atomic mass is 16.5.